The van der Waals surface area contributed by atoms with E-state index in [0.717, 1.165) is 11.9 Å². The van der Waals surface area contributed by atoms with Crippen LogP contribution in [0.2, 0.25) is 5.02 Å². The summed E-state index contributed by atoms with van der Waals surface area (Å²) < 4.78 is 46.3. The molecule has 0 radical (unpaired) electrons. The van der Waals surface area contributed by atoms with Gasteiger partial charge in [0.25, 0.3) is 0 Å². The van der Waals surface area contributed by atoms with Crippen molar-refractivity contribution in [1.29, 1.82) is 0 Å². The molecule has 3 rings (SSSR count). The molecular formula is C17H13ClF3N3O. The second-order valence-electron chi connectivity index (χ2n) is 5.25. The summed E-state index contributed by atoms with van der Waals surface area (Å²) in [5.74, 6) is -2.83. The van der Waals surface area contributed by atoms with E-state index in [1.807, 2.05) is 6.07 Å². The number of ether oxygens (including phenoxy) is 1. The van der Waals surface area contributed by atoms with Crippen LogP contribution in [0.5, 0.6) is 5.75 Å². The number of rotatable bonds is 5. The van der Waals surface area contributed by atoms with Gasteiger partial charge in [0.2, 0.25) is 0 Å². The maximum absolute atomic E-state index is 14.0. The molecule has 8 heteroatoms. The van der Waals surface area contributed by atoms with E-state index >= 15 is 0 Å². The first kappa shape index (κ1) is 17.3. The highest BCUT2D eigenvalue weighted by Crippen LogP contribution is 2.27. The SMILES string of the molecule is COc1ccc(CCNc2ncnc3c(F)cc(F)c(F)c23)cc1Cl. The number of aromatic nitrogens is 2. The Morgan fingerprint density at radius 2 is 1.92 bits per heavy atom. The molecule has 25 heavy (non-hydrogen) atoms. The third-order valence-electron chi connectivity index (χ3n) is 3.68. The van der Waals surface area contributed by atoms with Crippen molar-refractivity contribution in [2.24, 2.45) is 0 Å². The van der Waals surface area contributed by atoms with Gasteiger partial charge in [-0.1, -0.05) is 17.7 Å². The minimum Gasteiger partial charge on any atom is -0.495 e. The van der Waals surface area contributed by atoms with Crippen LogP contribution in [-0.2, 0) is 6.42 Å². The van der Waals surface area contributed by atoms with Crippen LogP contribution >= 0.6 is 11.6 Å². The summed E-state index contributed by atoms with van der Waals surface area (Å²) in [7, 11) is 1.52. The van der Waals surface area contributed by atoms with E-state index in [0.29, 0.717) is 29.8 Å². The molecule has 0 aliphatic carbocycles. The second kappa shape index (κ2) is 7.14. The third kappa shape index (κ3) is 3.46. The van der Waals surface area contributed by atoms with Gasteiger partial charge in [-0.15, -0.1) is 0 Å². The molecule has 3 aromatic rings. The average molecular weight is 368 g/mol. The monoisotopic (exact) mass is 367 g/mol. The molecule has 1 aromatic heterocycles. The smallest absolute Gasteiger partial charge is 0.172 e. The standard InChI is InChI=1S/C17H13ClF3N3O/c1-25-13-3-2-9(6-10(13)18)4-5-22-17-14-15(21)11(19)7-12(20)16(14)23-8-24-17/h2-3,6-8H,4-5H2,1H3,(H,22,23,24). The number of anilines is 1. The van der Waals surface area contributed by atoms with Gasteiger partial charge in [-0.3, -0.25) is 0 Å². The van der Waals surface area contributed by atoms with Crippen molar-refractivity contribution >= 4 is 28.3 Å². The van der Waals surface area contributed by atoms with E-state index in [2.05, 4.69) is 15.3 Å². The van der Waals surface area contributed by atoms with Gasteiger partial charge in [-0.2, -0.15) is 0 Å². The molecule has 0 aliphatic rings. The molecule has 0 saturated heterocycles. The van der Waals surface area contributed by atoms with Crippen LogP contribution in [0.25, 0.3) is 10.9 Å². The highest BCUT2D eigenvalue weighted by molar-refractivity contribution is 6.32. The Kier molecular flexibility index (Phi) is 4.94. The minimum absolute atomic E-state index is 0.0282. The molecule has 0 aliphatic heterocycles. The highest BCUT2D eigenvalue weighted by Gasteiger charge is 2.17. The number of hydrogen-bond acceptors (Lipinski definition) is 4. The number of methoxy groups -OCH3 is 1. The fraction of sp³-hybridized carbons (Fsp3) is 0.176. The summed E-state index contributed by atoms with van der Waals surface area (Å²) in [6, 6.07) is 5.79. The maximum atomic E-state index is 14.0. The average Bonchev–Trinajstić information content (AvgIpc) is 2.60. The summed E-state index contributed by atoms with van der Waals surface area (Å²) >= 11 is 6.06. The quantitative estimate of drug-likeness (QED) is 0.680. The fourth-order valence-electron chi connectivity index (χ4n) is 2.46. The summed E-state index contributed by atoms with van der Waals surface area (Å²) in [6.07, 6.45) is 1.63. The number of fused-ring (bicyclic) bond motifs is 1. The zero-order valence-corrected chi connectivity index (χ0v) is 13.9. The number of hydrogen-bond donors (Lipinski definition) is 1. The van der Waals surface area contributed by atoms with Crippen LogP contribution in [0.4, 0.5) is 19.0 Å². The lowest BCUT2D eigenvalue weighted by atomic mass is 10.1. The van der Waals surface area contributed by atoms with Gasteiger partial charge >= 0.3 is 0 Å². The number of benzene rings is 2. The molecule has 0 atom stereocenters. The summed E-state index contributed by atoms with van der Waals surface area (Å²) in [6.45, 7) is 0.354. The number of nitrogens with one attached hydrogen (secondary N) is 1. The Bertz CT molecular complexity index is 937. The Morgan fingerprint density at radius 1 is 1.12 bits per heavy atom. The van der Waals surface area contributed by atoms with Crippen LogP contribution < -0.4 is 10.1 Å². The van der Waals surface area contributed by atoms with Crippen molar-refractivity contribution in [1.82, 2.24) is 9.97 Å². The zero-order chi connectivity index (χ0) is 18.0. The van der Waals surface area contributed by atoms with Crippen LogP contribution in [0.15, 0.2) is 30.6 Å². The van der Waals surface area contributed by atoms with Gasteiger partial charge in [0, 0.05) is 12.6 Å². The summed E-state index contributed by atoms with van der Waals surface area (Å²) in [5, 5.41) is 3.04. The maximum Gasteiger partial charge on any atom is 0.172 e. The molecule has 1 heterocycles. The van der Waals surface area contributed by atoms with Gasteiger partial charge in [0.1, 0.15) is 23.4 Å². The van der Waals surface area contributed by atoms with E-state index in [1.165, 1.54) is 7.11 Å². The van der Waals surface area contributed by atoms with Crippen molar-refractivity contribution in [2.75, 3.05) is 19.0 Å². The van der Waals surface area contributed by atoms with Crippen molar-refractivity contribution in [3.8, 4) is 5.75 Å². The molecule has 0 fully saturated rings. The van der Waals surface area contributed by atoms with Gasteiger partial charge in [-0.25, -0.2) is 23.1 Å². The second-order valence-corrected chi connectivity index (χ2v) is 5.65. The predicted octanol–water partition coefficient (Wildman–Crippen LogP) is 4.36. The predicted molar refractivity (Wildman–Crippen MR) is 89.6 cm³/mol. The van der Waals surface area contributed by atoms with Crippen LogP contribution in [0.1, 0.15) is 5.56 Å². The van der Waals surface area contributed by atoms with Gasteiger partial charge in [0.15, 0.2) is 17.5 Å². The highest BCUT2D eigenvalue weighted by atomic mass is 35.5. The molecule has 0 spiro atoms. The molecule has 0 saturated carbocycles. The molecule has 130 valence electrons. The largest absolute Gasteiger partial charge is 0.495 e. The summed E-state index contributed by atoms with van der Waals surface area (Å²) in [4.78, 5) is 7.56. The van der Waals surface area contributed by atoms with Crippen LogP contribution in [0, 0.1) is 17.5 Å². The van der Waals surface area contributed by atoms with Gasteiger partial charge < -0.3 is 10.1 Å². The van der Waals surface area contributed by atoms with Gasteiger partial charge in [-0.05, 0) is 24.1 Å². The third-order valence-corrected chi connectivity index (χ3v) is 3.97. The lowest BCUT2D eigenvalue weighted by Gasteiger charge is -2.10. The van der Waals surface area contributed by atoms with Crippen molar-refractivity contribution in [3.05, 3.63) is 58.6 Å². The van der Waals surface area contributed by atoms with Crippen LogP contribution in [-0.4, -0.2) is 23.6 Å². The summed E-state index contributed by atoms with van der Waals surface area (Å²) in [5.41, 5.74) is 0.637. The van der Waals surface area contributed by atoms with Gasteiger partial charge in [0.05, 0.1) is 17.5 Å². The lowest BCUT2D eigenvalue weighted by molar-refractivity contribution is 0.415. The topological polar surface area (TPSA) is 47.0 Å². The Morgan fingerprint density at radius 3 is 2.64 bits per heavy atom. The Balaban J connectivity index is 1.81. The Hall–Kier alpha value is -2.54. The number of nitrogens with zero attached hydrogens (tertiary/aromatic N) is 2. The number of halogens is 4. The first-order valence-corrected chi connectivity index (χ1v) is 7.73. The fourth-order valence-corrected chi connectivity index (χ4v) is 2.74. The lowest BCUT2D eigenvalue weighted by Crippen LogP contribution is -2.08. The van der Waals surface area contributed by atoms with E-state index < -0.39 is 17.5 Å². The normalized spacial score (nSPS) is 10.9. The molecule has 1 N–H and O–H groups in total. The van der Waals surface area contributed by atoms with E-state index in [-0.39, 0.29) is 16.7 Å². The van der Waals surface area contributed by atoms with E-state index in [1.54, 1.807) is 12.1 Å². The molecular weight excluding hydrogens is 355 g/mol. The van der Waals surface area contributed by atoms with Crippen molar-refractivity contribution in [2.45, 2.75) is 6.42 Å². The van der Waals surface area contributed by atoms with Crippen molar-refractivity contribution < 1.29 is 17.9 Å². The zero-order valence-electron chi connectivity index (χ0n) is 13.1. The molecule has 2 aromatic carbocycles. The molecule has 0 bridgehead atoms. The Labute approximate surface area is 146 Å². The van der Waals surface area contributed by atoms with E-state index in [9.17, 15) is 13.2 Å². The molecule has 0 unspecified atom stereocenters. The van der Waals surface area contributed by atoms with Crippen LogP contribution in [0.3, 0.4) is 0 Å². The van der Waals surface area contributed by atoms with Crippen molar-refractivity contribution in [3.63, 3.8) is 0 Å². The first-order chi connectivity index (χ1) is 12.0. The molecule has 0 amide bonds. The minimum atomic E-state index is -1.29. The molecule has 4 nitrogen and oxygen atoms in total. The first-order valence-electron chi connectivity index (χ1n) is 7.35. The van der Waals surface area contributed by atoms with E-state index in [4.69, 9.17) is 16.3 Å².